The first kappa shape index (κ1) is 21.7. The van der Waals surface area contributed by atoms with E-state index in [0.717, 1.165) is 0 Å². The monoisotopic (exact) mass is 451 g/mol. The fraction of sp³-hybridized carbons (Fsp3) is 0.125. The summed E-state index contributed by atoms with van der Waals surface area (Å²) in [7, 11) is 0. The summed E-state index contributed by atoms with van der Waals surface area (Å²) in [6, 6.07) is 18.4. The Hall–Kier alpha value is -3.52. The second-order valence-corrected chi connectivity index (χ2v) is 8.10. The molecule has 8 heteroatoms. The average molecular weight is 451 g/mol. The first-order valence-electron chi connectivity index (χ1n) is 9.97. The summed E-state index contributed by atoms with van der Waals surface area (Å²) in [5, 5.41) is 3.59. The third-order valence-electron chi connectivity index (χ3n) is 4.72. The van der Waals surface area contributed by atoms with Crippen molar-refractivity contribution in [3.8, 4) is 5.69 Å². The van der Waals surface area contributed by atoms with Crippen LogP contribution in [-0.4, -0.2) is 21.2 Å². The molecule has 0 radical (unpaired) electrons. The van der Waals surface area contributed by atoms with Crippen LogP contribution in [0.15, 0.2) is 82.7 Å². The standard InChI is InChI=1S/C24H19F2N3O2S/c25-16-10-12-18(13-11-16)27-22(30)9-4-14-32-24-28-21-8-2-1-7-20(21)23(31)29(24)19-6-3-5-17(26)15-19/h1-3,5-8,10-13,15H,4,9,14H2,(H,27,30). The molecule has 1 aromatic heterocycles. The highest BCUT2D eigenvalue weighted by molar-refractivity contribution is 7.99. The minimum Gasteiger partial charge on any atom is -0.326 e. The average Bonchev–Trinajstić information content (AvgIpc) is 2.78. The third-order valence-corrected chi connectivity index (χ3v) is 5.74. The molecule has 4 rings (SSSR count). The number of amides is 1. The SMILES string of the molecule is O=C(CCCSc1nc2ccccc2c(=O)n1-c1cccc(F)c1)Nc1ccc(F)cc1. The lowest BCUT2D eigenvalue weighted by Crippen LogP contribution is -2.22. The Bertz CT molecular complexity index is 1320. The third kappa shape index (κ3) is 5.03. The van der Waals surface area contributed by atoms with E-state index in [1.54, 1.807) is 36.4 Å². The van der Waals surface area contributed by atoms with Gasteiger partial charge in [0.1, 0.15) is 11.6 Å². The number of thioether (sulfide) groups is 1. The number of aromatic nitrogens is 2. The van der Waals surface area contributed by atoms with Crippen molar-refractivity contribution in [3.05, 3.63) is 94.8 Å². The molecule has 3 aromatic carbocycles. The number of fused-ring (bicyclic) bond motifs is 1. The molecule has 0 aliphatic rings. The zero-order valence-corrected chi connectivity index (χ0v) is 17.7. The van der Waals surface area contributed by atoms with Gasteiger partial charge >= 0.3 is 0 Å². The van der Waals surface area contributed by atoms with Gasteiger partial charge in [0, 0.05) is 17.9 Å². The number of nitrogens with one attached hydrogen (secondary N) is 1. The van der Waals surface area contributed by atoms with Crippen molar-refractivity contribution in [1.82, 2.24) is 9.55 Å². The molecule has 1 heterocycles. The first-order valence-corrected chi connectivity index (χ1v) is 11.0. The maximum Gasteiger partial charge on any atom is 0.266 e. The van der Waals surface area contributed by atoms with Gasteiger partial charge in [0.25, 0.3) is 5.56 Å². The van der Waals surface area contributed by atoms with Crippen molar-refractivity contribution < 1.29 is 13.6 Å². The van der Waals surface area contributed by atoms with Gasteiger partial charge < -0.3 is 5.32 Å². The van der Waals surface area contributed by atoms with Gasteiger partial charge in [-0.3, -0.25) is 14.2 Å². The number of hydrogen-bond acceptors (Lipinski definition) is 4. The molecule has 0 saturated carbocycles. The lowest BCUT2D eigenvalue weighted by atomic mass is 10.2. The molecule has 4 aromatic rings. The van der Waals surface area contributed by atoms with Crippen LogP contribution in [-0.2, 0) is 4.79 Å². The highest BCUT2D eigenvalue weighted by Crippen LogP contribution is 2.23. The van der Waals surface area contributed by atoms with Crippen molar-refractivity contribution >= 4 is 34.3 Å². The number of carbonyl (C=O) groups is 1. The summed E-state index contributed by atoms with van der Waals surface area (Å²) in [6.45, 7) is 0. The molecule has 0 bridgehead atoms. The molecular weight excluding hydrogens is 432 g/mol. The minimum absolute atomic E-state index is 0.189. The van der Waals surface area contributed by atoms with Gasteiger partial charge in [0.15, 0.2) is 5.16 Å². The Morgan fingerprint density at radius 3 is 2.53 bits per heavy atom. The Morgan fingerprint density at radius 1 is 0.969 bits per heavy atom. The predicted molar refractivity (Wildman–Crippen MR) is 122 cm³/mol. The molecule has 0 fully saturated rings. The Balaban J connectivity index is 1.49. The van der Waals surface area contributed by atoms with Crippen LogP contribution in [0.25, 0.3) is 16.6 Å². The lowest BCUT2D eigenvalue weighted by Gasteiger charge is -2.13. The highest BCUT2D eigenvalue weighted by atomic mass is 32.2. The zero-order chi connectivity index (χ0) is 22.5. The van der Waals surface area contributed by atoms with Crippen molar-refractivity contribution in [1.29, 1.82) is 0 Å². The quantitative estimate of drug-likeness (QED) is 0.239. The van der Waals surface area contributed by atoms with Gasteiger partial charge in [-0.1, -0.05) is 30.0 Å². The molecule has 0 spiro atoms. The molecule has 5 nitrogen and oxygen atoms in total. The molecule has 0 unspecified atom stereocenters. The molecule has 32 heavy (non-hydrogen) atoms. The van der Waals surface area contributed by atoms with E-state index < -0.39 is 5.82 Å². The molecule has 0 aliphatic heterocycles. The van der Waals surface area contributed by atoms with Gasteiger partial charge in [-0.25, -0.2) is 13.8 Å². The maximum atomic E-state index is 13.8. The minimum atomic E-state index is -0.448. The van der Waals surface area contributed by atoms with Gasteiger partial charge in [-0.05, 0) is 61.0 Å². The molecule has 1 N–H and O–H groups in total. The molecule has 162 valence electrons. The summed E-state index contributed by atoms with van der Waals surface area (Å²) in [5.74, 6) is -0.481. The van der Waals surface area contributed by atoms with Crippen LogP contribution in [0.4, 0.5) is 14.5 Å². The van der Waals surface area contributed by atoms with Crippen molar-refractivity contribution in [2.75, 3.05) is 11.1 Å². The number of para-hydroxylation sites is 1. The van der Waals surface area contributed by atoms with E-state index in [2.05, 4.69) is 10.3 Å². The van der Waals surface area contributed by atoms with E-state index in [-0.39, 0.29) is 23.7 Å². The zero-order valence-electron chi connectivity index (χ0n) is 16.9. The number of anilines is 1. The summed E-state index contributed by atoms with van der Waals surface area (Å²) < 4.78 is 28.2. The van der Waals surface area contributed by atoms with E-state index in [1.807, 2.05) is 0 Å². The van der Waals surface area contributed by atoms with Crippen LogP contribution < -0.4 is 10.9 Å². The number of hydrogen-bond donors (Lipinski definition) is 1. The van der Waals surface area contributed by atoms with Crippen LogP contribution in [0.1, 0.15) is 12.8 Å². The predicted octanol–water partition coefficient (Wildman–Crippen LogP) is 5.17. The fourth-order valence-electron chi connectivity index (χ4n) is 3.20. The number of halogens is 2. The summed E-state index contributed by atoms with van der Waals surface area (Å²) >= 11 is 1.33. The second-order valence-electron chi connectivity index (χ2n) is 7.04. The number of nitrogens with zero attached hydrogens (tertiary/aromatic N) is 2. The molecule has 0 aliphatic carbocycles. The Kier molecular flexibility index (Phi) is 6.61. The topological polar surface area (TPSA) is 64.0 Å². The van der Waals surface area contributed by atoms with Crippen molar-refractivity contribution in [2.24, 2.45) is 0 Å². The maximum absolute atomic E-state index is 13.8. The normalized spacial score (nSPS) is 10.9. The molecule has 0 atom stereocenters. The summed E-state index contributed by atoms with van der Waals surface area (Å²) in [5.41, 5.74) is 1.20. The largest absolute Gasteiger partial charge is 0.326 e. The van der Waals surface area contributed by atoms with Gasteiger partial charge in [0.05, 0.1) is 16.6 Å². The van der Waals surface area contributed by atoms with Gasteiger partial charge in [0.2, 0.25) is 5.91 Å². The molecule has 0 saturated heterocycles. The lowest BCUT2D eigenvalue weighted by molar-refractivity contribution is -0.116. The van der Waals surface area contributed by atoms with E-state index in [0.29, 0.717) is 39.6 Å². The van der Waals surface area contributed by atoms with E-state index in [1.165, 1.54) is 52.7 Å². The van der Waals surface area contributed by atoms with E-state index in [9.17, 15) is 18.4 Å². The van der Waals surface area contributed by atoms with Crippen LogP contribution in [0, 0.1) is 11.6 Å². The Morgan fingerprint density at radius 2 is 1.75 bits per heavy atom. The van der Waals surface area contributed by atoms with Crippen LogP contribution >= 0.6 is 11.8 Å². The first-order chi connectivity index (χ1) is 15.5. The van der Waals surface area contributed by atoms with E-state index in [4.69, 9.17) is 0 Å². The van der Waals surface area contributed by atoms with Gasteiger partial charge in [-0.2, -0.15) is 0 Å². The molecule has 1 amide bonds. The smallest absolute Gasteiger partial charge is 0.266 e. The number of benzene rings is 3. The molecular formula is C24H19F2N3O2S. The number of carbonyl (C=O) groups excluding carboxylic acids is 1. The van der Waals surface area contributed by atoms with Crippen LogP contribution in [0.3, 0.4) is 0 Å². The second kappa shape index (κ2) is 9.74. The van der Waals surface area contributed by atoms with Gasteiger partial charge in [-0.15, -0.1) is 0 Å². The Labute approximate surface area is 187 Å². The summed E-state index contributed by atoms with van der Waals surface area (Å²) in [4.78, 5) is 29.9. The highest BCUT2D eigenvalue weighted by Gasteiger charge is 2.14. The van der Waals surface area contributed by atoms with Crippen molar-refractivity contribution in [3.63, 3.8) is 0 Å². The fourth-order valence-corrected chi connectivity index (χ4v) is 4.16. The van der Waals surface area contributed by atoms with Crippen molar-refractivity contribution in [2.45, 2.75) is 18.0 Å². The van der Waals surface area contributed by atoms with E-state index >= 15 is 0 Å². The summed E-state index contributed by atoms with van der Waals surface area (Å²) in [6.07, 6.45) is 0.783. The number of rotatable bonds is 7. The van der Waals surface area contributed by atoms with Crippen LogP contribution in [0.5, 0.6) is 0 Å². The van der Waals surface area contributed by atoms with Crippen LogP contribution in [0.2, 0.25) is 0 Å².